The van der Waals surface area contributed by atoms with Crippen LogP contribution in [-0.4, -0.2) is 34.5 Å². The van der Waals surface area contributed by atoms with Gasteiger partial charge in [0, 0.05) is 18.3 Å². The molecule has 2 aliphatic rings. The molecule has 2 fully saturated rings. The van der Waals surface area contributed by atoms with Gasteiger partial charge in [-0.2, -0.15) is 0 Å². The molecule has 0 aromatic heterocycles. The number of hydrogen-bond acceptors (Lipinski definition) is 4. The predicted octanol–water partition coefficient (Wildman–Crippen LogP) is 1.85. The van der Waals surface area contributed by atoms with E-state index < -0.39 is 12.2 Å². The van der Waals surface area contributed by atoms with Crippen LogP contribution in [0.5, 0.6) is 0 Å². The highest BCUT2D eigenvalue weighted by Gasteiger charge is 2.48. The molecule has 4 heteroatoms. The lowest BCUT2D eigenvalue weighted by atomic mass is 9.91. The largest absolute Gasteiger partial charge is 0.462 e. The Kier molecular flexibility index (Phi) is 4.60. The minimum absolute atomic E-state index is 0.0556. The molecule has 0 bridgehead atoms. The number of aliphatic hydroxyl groups is 2. The van der Waals surface area contributed by atoms with E-state index in [0.29, 0.717) is 19.3 Å². The van der Waals surface area contributed by atoms with Gasteiger partial charge in [-0.15, -0.1) is 0 Å². The molecule has 5 atom stereocenters. The van der Waals surface area contributed by atoms with Crippen LogP contribution in [0.4, 0.5) is 0 Å². The SMILES string of the molecule is O=C1CC2C(CC(O)[C@@H]2/C=C/[C@@H](O)CCc2ccccc2)O1. The fourth-order valence-corrected chi connectivity index (χ4v) is 3.50. The molecule has 1 aliphatic heterocycles. The van der Waals surface area contributed by atoms with Crippen LogP contribution in [0.2, 0.25) is 0 Å². The number of carbonyl (C=O) groups excluding carboxylic acids is 1. The van der Waals surface area contributed by atoms with Gasteiger partial charge in [-0.1, -0.05) is 42.5 Å². The van der Waals surface area contributed by atoms with Crippen molar-refractivity contribution in [2.45, 2.75) is 44.0 Å². The summed E-state index contributed by atoms with van der Waals surface area (Å²) in [6, 6.07) is 10.0. The maximum absolute atomic E-state index is 11.3. The Morgan fingerprint density at radius 2 is 2.09 bits per heavy atom. The van der Waals surface area contributed by atoms with Gasteiger partial charge in [-0.3, -0.25) is 4.79 Å². The van der Waals surface area contributed by atoms with Crippen molar-refractivity contribution in [1.29, 1.82) is 0 Å². The molecule has 1 aliphatic carbocycles. The molecule has 3 unspecified atom stereocenters. The van der Waals surface area contributed by atoms with Gasteiger partial charge in [-0.25, -0.2) is 0 Å². The van der Waals surface area contributed by atoms with Crippen LogP contribution in [0.15, 0.2) is 42.5 Å². The fourth-order valence-electron chi connectivity index (χ4n) is 3.50. The van der Waals surface area contributed by atoms with Crippen molar-refractivity contribution in [3.63, 3.8) is 0 Å². The molecular weight excluding hydrogens is 280 g/mol. The number of rotatable bonds is 5. The highest BCUT2D eigenvalue weighted by Crippen LogP contribution is 2.42. The summed E-state index contributed by atoms with van der Waals surface area (Å²) in [4.78, 5) is 11.3. The average Bonchev–Trinajstić information content (AvgIpc) is 2.99. The zero-order valence-corrected chi connectivity index (χ0v) is 12.5. The lowest BCUT2D eigenvalue weighted by Crippen LogP contribution is -2.18. The number of hydrogen-bond donors (Lipinski definition) is 2. The molecule has 1 aromatic rings. The number of aliphatic hydroxyl groups excluding tert-OH is 2. The quantitative estimate of drug-likeness (QED) is 0.643. The van der Waals surface area contributed by atoms with Crippen LogP contribution in [0.25, 0.3) is 0 Å². The molecule has 118 valence electrons. The molecule has 0 spiro atoms. The van der Waals surface area contributed by atoms with Gasteiger partial charge in [0.25, 0.3) is 0 Å². The van der Waals surface area contributed by atoms with Crippen molar-refractivity contribution >= 4 is 5.97 Å². The van der Waals surface area contributed by atoms with E-state index in [9.17, 15) is 15.0 Å². The van der Waals surface area contributed by atoms with E-state index in [1.54, 1.807) is 6.08 Å². The molecule has 3 rings (SSSR count). The van der Waals surface area contributed by atoms with E-state index in [2.05, 4.69) is 0 Å². The number of carbonyl (C=O) groups is 1. The van der Waals surface area contributed by atoms with Crippen molar-refractivity contribution in [3.05, 3.63) is 48.0 Å². The molecular formula is C18H22O4. The van der Waals surface area contributed by atoms with Gasteiger partial charge in [-0.05, 0) is 18.4 Å². The second-order valence-electron chi connectivity index (χ2n) is 6.25. The summed E-state index contributed by atoms with van der Waals surface area (Å²) in [6.07, 6.45) is 4.78. The predicted molar refractivity (Wildman–Crippen MR) is 82.0 cm³/mol. The number of fused-ring (bicyclic) bond motifs is 1. The first kappa shape index (κ1) is 15.3. The Balaban J connectivity index is 1.53. The summed E-state index contributed by atoms with van der Waals surface area (Å²) < 4.78 is 5.20. The summed E-state index contributed by atoms with van der Waals surface area (Å²) in [5.74, 6) is -0.215. The molecule has 1 heterocycles. The Bertz CT molecular complexity index is 539. The third-order valence-corrected chi connectivity index (χ3v) is 4.70. The van der Waals surface area contributed by atoms with Gasteiger partial charge in [0.2, 0.25) is 0 Å². The Morgan fingerprint density at radius 1 is 1.32 bits per heavy atom. The van der Waals surface area contributed by atoms with Crippen molar-refractivity contribution in [3.8, 4) is 0 Å². The molecule has 22 heavy (non-hydrogen) atoms. The van der Waals surface area contributed by atoms with Gasteiger partial charge in [0.1, 0.15) is 6.10 Å². The monoisotopic (exact) mass is 302 g/mol. The van der Waals surface area contributed by atoms with Crippen molar-refractivity contribution in [2.24, 2.45) is 11.8 Å². The zero-order valence-electron chi connectivity index (χ0n) is 12.5. The topological polar surface area (TPSA) is 66.8 Å². The Hall–Kier alpha value is -1.65. The van der Waals surface area contributed by atoms with Crippen LogP contribution in [-0.2, 0) is 16.0 Å². The van der Waals surface area contributed by atoms with Crippen LogP contribution < -0.4 is 0 Å². The van der Waals surface area contributed by atoms with E-state index in [-0.39, 0.29) is 23.9 Å². The summed E-state index contributed by atoms with van der Waals surface area (Å²) in [6.45, 7) is 0. The van der Waals surface area contributed by atoms with Crippen LogP contribution in [0.3, 0.4) is 0 Å². The number of aryl methyl sites for hydroxylation is 1. The fraction of sp³-hybridized carbons (Fsp3) is 0.500. The minimum Gasteiger partial charge on any atom is -0.462 e. The van der Waals surface area contributed by atoms with Crippen LogP contribution in [0.1, 0.15) is 24.8 Å². The lowest BCUT2D eigenvalue weighted by molar-refractivity contribution is -0.141. The highest BCUT2D eigenvalue weighted by atomic mass is 16.6. The zero-order chi connectivity index (χ0) is 15.5. The molecule has 1 saturated carbocycles. The summed E-state index contributed by atoms with van der Waals surface area (Å²) in [5.41, 5.74) is 1.20. The van der Waals surface area contributed by atoms with Gasteiger partial charge < -0.3 is 14.9 Å². The first-order valence-electron chi connectivity index (χ1n) is 7.91. The summed E-state index contributed by atoms with van der Waals surface area (Å²) in [7, 11) is 0. The molecule has 2 N–H and O–H groups in total. The standard InChI is InChI=1S/C18H22O4/c19-13(7-6-12-4-2-1-3-5-12)8-9-14-15-10-18(21)22-17(15)11-16(14)20/h1-5,8-9,13-17,19-20H,6-7,10-11H2/b9-8+/t13-,14+,15?,16?,17?/m0/s1. The minimum atomic E-state index is -0.538. The number of ether oxygens (including phenoxy) is 1. The maximum Gasteiger partial charge on any atom is 0.306 e. The molecule has 1 aromatic carbocycles. The summed E-state index contributed by atoms with van der Waals surface area (Å²) >= 11 is 0. The van der Waals surface area contributed by atoms with E-state index in [1.165, 1.54) is 5.56 Å². The van der Waals surface area contributed by atoms with E-state index in [4.69, 9.17) is 4.74 Å². The van der Waals surface area contributed by atoms with E-state index in [0.717, 1.165) is 6.42 Å². The first-order chi connectivity index (χ1) is 10.6. The molecule has 1 saturated heterocycles. The van der Waals surface area contributed by atoms with Crippen molar-refractivity contribution in [2.75, 3.05) is 0 Å². The maximum atomic E-state index is 11.3. The van der Waals surface area contributed by atoms with E-state index in [1.807, 2.05) is 36.4 Å². The second-order valence-corrected chi connectivity index (χ2v) is 6.25. The van der Waals surface area contributed by atoms with Gasteiger partial charge >= 0.3 is 5.97 Å². The van der Waals surface area contributed by atoms with Crippen molar-refractivity contribution < 1.29 is 19.7 Å². The van der Waals surface area contributed by atoms with Gasteiger partial charge in [0.05, 0.1) is 18.6 Å². The number of benzene rings is 1. The van der Waals surface area contributed by atoms with Gasteiger partial charge in [0.15, 0.2) is 0 Å². The molecule has 4 nitrogen and oxygen atoms in total. The summed E-state index contributed by atoms with van der Waals surface area (Å²) in [5, 5.41) is 20.2. The lowest BCUT2D eigenvalue weighted by Gasteiger charge is -2.15. The second kappa shape index (κ2) is 6.63. The normalized spacial score (nSPS) is 32.2. The highest BCUT2D eigenvalue weighted by molar-refractivity contribution is 5.72. The Labute approximate surface area is 130 Å². The van der Waals surface area contributed by atoms with Crippen LogP contribution >= 0.6 is 0 Å². The van der Waals surface area contributed by atoms with E-state index >= 15 is 0 Å². The smallest absolute Gasteiger partial charge is 0.306 e. The molecule has 0 radical (unpaired) electrons. The Morgan fingerprint density at radius 3 is 2.86 bits per heavy atom. The third-order valence-electron chi connectivity index (χ3n) is 4.70. The third kappa shape index (κ3) is 3.39. The van der Waals surface area contributed by atoms with Crippen molar-refractivity contribution in [1.82, 2.24) is 0 Å². The van der Waals surface area contributed by atoms with Crippen LogP contribution in [0, 0.1) is 11.8 Å². The molecule has 0 amide bonds. The average molecular weight is 302 g/mol. The number of esters is 1. The first-order valence-corrected chi connectivity index (χ1v) is 7.91.